The summed E-state index contributed by atoms with van der Waals surface area (Å²) in [5.74, 6) is 0.984. The Morgan fingerprint density at radius 3 is 2.68 bits per heavy atom. The van der Waals surface area contributed by atoms with Crippen molar-refractivity contribution in [1.29, 1.82) is 0 Å². The molecule has 0 unspecified atom stereocenters. The minimum absolute atomic E-state index is 0.236. The summed E-state index contributed by atoms with van der Waals surface area (Å²) in [7, 11) is 0. The van der Waals surface area contributed by atoms with Crippen LogP contribution < -0.4 is 4.74 Å². The Kier molecular flexibility index (Phi) is 5.23. The SMILES string of the molecule is Cc1ccc(C)c(OCCN(CCO)C2CCC2)c1. The molecule has 1 fully saturated rings. The van der Waals surface area contributed by atoms with Crippen molar-refractivity contribution in [2.45, 2.75) is 39.2 Å². The Bertz CT molecular complexity index is 402. The summed E-state index contributed by atoms with van der Waals surface area (Å²) in [6.45, 7) is 6.76. The summed E-state index contributed by atoms with van der Waals surface area (Å²) < 4.78 is 5.89. The molecule has 1 N–H and O–H groups in total. The number of rotatable bonds is 7. The van der Waals surface area contributed by atoms with Crippen LogP contribution in [-0.2, 0) is 0 Å². The predicted octanol–water partition coefficient (Wildman–Crippen LogP) is 2.53. The fourth-order valence-electron chi connectivity index (χ4n) is 2.49. The van der Waals surface area contributed by atoms with Gasteiger partial charge in [0.2, 0.25) is 0 Å². The van der Waals surface area contributed by atoms with E-state index in [1.807, 2.05) is 0 Å². The highest BCUT2D eigenvalue weighted by Crippen LogP contribution is 2.24. The minimum Gasteiger partial charge on any atom is -0.492 e. The first-order valence-corrected chi connectivity index (χ1v) is 7.25. The van der Waals surface area contributed by atoms with Crippen molar-refractivity contribution < 1.29 is 9.84 Å². The van der Waals surface area contributed by atoms with Gasteiger partial charge >= 0.3 is 0 Å². The molecule has 0 radical (unpaired) electrons. The van der Waals surface area contributed by atoms with Gasteiger partial charge in [0.25, 0.3) is 0 Å². The van der Waals surface area contributed by atoms with Crippen molar-refractivity contribution in [3.8, 4) is 5.75 Å². The van der Waals surface area contributed by atoms with E-state index in [9.17, 15) is 0 Å². The lowest BCUT2D eigenvalue weighted by Gasteiger charge is -2.37. The Labute approximate surface area is 116 Å². The van der Waals surface area contributed by atoms with E-state index in [2.05, 4.69) is 36.9 Å². The minimum atomic E-state index is 0.236. The molecule has 0 spiro atoms. The van der Waals surface area contributed by atoms with Gasteiger partial charge in [-0.2, -0.15) is 0 Å². The zero-order valence-electron chi connectivity index (χ0n) is 12.1. The van der Waals surface area contributed by atoms with E-state index in [0.717, 1.165) is 18.8 Å². The quantitative estimate of drug-likeness (QED) is 0.820. The standard InChI is InChI=1S/C16H25NO2/c1-13-6-7-14(2)16(12-13)19-11-9-17(8-10-18)15-4-3-5-15/h6-7,12,15,18H,3-5,8-11H2,1-2H3. The van der Waals surface area contributed by atoms with Gasteiger partial charge in [-0.05, 0) is 43.9 Å². The predicted molar refractivity (Wildman–Crippen MR) is 77.7 cm³/mol. The Morgan fingerprint density at radius 2 is 2.05 bits per heavy atom. The summed E-state index contributed by atoms with van der Waals surface area (Å²) in [6, 6.07) is 6.96. The Hall–Kier alpha value is -1.06. The largest absolute Gasteiger partial charge is 0.492 e. The van der Waals surface area contributed by atoms with Crippen molar-refractivity contribution in [3.05, 3.63) is 29.3 Å². The monoisotopic (exact) mass is 263 g/mol. The second-order valence-electron chi connectivity index (χ2n) is 5.46. The molecule has 0 atom stereocenters. The van der Waals surface area contributed by atoms with Crippen LogP contribution in [0.25, 0.3) is 0 Å². The zero-order chi connectivity index (χ0) is 13.7. The second kappa shape index (κ2) is 6.92. The maximum absolute atomic E-state index is 9.12. The molecule has 19 heavy (non-hydrogen) atoms. The second-order valence-corrected chi connectivity index (χ2v) is 5.46. The average molecular weight is 263 g/mol. The highest BCUT2D eigenvalue weighted by molar-refractivity contribution is 5.35. The van der Waals surface area contributed by atoms with Gasteiger partial charge in [-0.25, -0.2) is 0 Å². The van der Waals surface area contributed by atoms with Crippen LogP contribution >= 0.6 is 0 Å². The highest BCUT2D eigenvalue weighted by atomic mass is 16.5. The Balaban J connectivity index is 1.82. The number of benzene rings is 1. The number of ether oxygens (including phenoxy) is 1. The molecule has 1 aromatic rings. The van der Waals surface area contributed by atoms with Crippen LogP contribution in [0.3, 0.4) is 0 Å². The molecule has 2 rings (SSSR count). The highest BCUT2D eigenvalue weighted by Gasteiger charge is 2.24. The van der Waals surface area contributed by atoms with Gasteiger partial charge in [0.15, 0.2) is 0 Å². The van der Waals surface area contributed by atoms with Gasteiger partial charge in [-0.1, -0.05) is 18.6 Å². The molecule has 106 valence electrons. The summed E-state index contributed by atoms with van der Waals surface area (Å²) in [5.41, 5.74) is 2.41. The first-order chi connectivity index (χ1) is 9.20. The molecule has 0 amide bonds. The van der Waals surface area contributed by atoms with E-state index in [-0.39, 0.29) is 6.61 Å². The number of aliphatic hydroxyl groups excluding tert-OH is 1. The van der Waals surface area contributed by atoms with Crippen molar-refractivity contribution in [2.75, 3.05) is 26.3 Å². The van der Waals surface area contributed by atoms with Gasteiger partial charge in [0, 0.05) is 19.1 Å². The molecule has 1 aliphatic carbocycles. The third-order valence-corrected chi connectivity index (χ3v) is 3.96. The van der Waals surface area contributed by atoms with Crippen LogP contribution in [0.15, 0.2) is 18.2 Å². The molecular formula is C16H25NO2. The fraction of sp³-hybridized carbons (Fsp3) is 0.625. The maximum atomic E-state index is 9.12. The van der Waals surface area contributed by atoms with E-state index < -0.39 is 0 Å². The lowest BCUT2D eigenvalue weighted by Crippen LogP contribution is -2.43. The maximum Gasteiger partial charge on any atom is 0.122 e. The van der Waals surface area contributed by atoms with Crippen molar-refractivity contribution in [1.82, 2.24) is 4.90 Å². The topological polar surface area (TPSA) is 32.7 Å². The van der Waals surface area contributed by atoms with E-state index in [4.69, 9.17) is 9.84 Å². The zero-order valence-corrected chi connectivity index (χ0v) is 12.1. The molecule has 0 aliphatic heterocycles. The summed E-state index contributed by atoms with van der Waals surface area (Å²) >= 11 is 0. The molecule has 0 aromatic heterocycles. The van der Waals surface area contributed by atoms with Crippen molar-refractivity contribution in [3.63, 3.8) is 0 Å². The summed E-state index contributed by atoms with van der Waals surface area (Å²) in [6.07, 6.45) is 3.86. The third-order valence-electron chi connectivity index (χ3n) is 3.96. The van der Waals surface area contributed by atoms with Crippen LogP contribution in [0.4, 0.5) is 0 Å². The van der Waals surface area contributed by atoms with Crippen molar-refractivity contribution >= 4 is 0 Å². The van der Waals surface area contributed by atoms with E-state index >= 15 is 0 Å². The molecule has 0 heterocycles. The normalized spacial score (nSPS) is 15.6. The van der Waals surface area contributed by atoms with E-state index in [1.54, 1.807) is 0 Å². The number of hydrogen-bond acceptors (Lipinski definition) is 3. The average Bonchev–Trinajstić information content (AvgIpc) is 2.31. The van der Waals surface area contributed by atoms with Gasteiger partial charge in [0.1, 0.15) is 12.4 Å². The number of nitrogens with zero attached hydrogens (tertiary/aromatic N) is 1. The number of hydrogen-bond donors (Lipinski definition) is 1. The first kappa shape index (κ1) is 14.4. The molecule has 1 aliphatic rings. The van der Waals surface area contributed by atoms with Crippen LogP contribution in [0, 0.1) is 13.8 Å². The molecule has 0 bridgehead atoms. The lowest BCUT2D eigenvalue weighted by molar-refractivity contribution is 0.0859. The molecule has 1 saturated carbocycles. The summed E-state index contributed by atoms with van der Waals surface area (Å²) in [4.78, 5) is 2.36. The summed E-state index contributed by atoms with van der Waals surface area (Å²) in [5, 5.41) is 9.12. The van der Waals surface area contributed by atoms with Gasteiger partial charge in [0.05, 0.1) is 6.61 Å². The van der Waals surface area contributed by atoms with E-state index in [1.165, 1.54) is 30.4 Å². The molecular weight excluding hydrogens is 238 g/mol. The van der Waals surface area contributed by atoms with Crippen LogP contribution in [0.2, 0.25) is 0 Å². The first-order valence-electron chi connectivity index (χ1n) is 7.25. The molecule has 0 saturated heterocycles. The van der Waals surface area contributed by atoms with E-state index in [0.29, 0.717) is 12.6 Å². The van der Waals surface area contributed by atoms with Gasteiger partial charge in [-0.3, -0.25) is 4.90 Å². The van der Waals surface area contributed by atoms with Crippen molar-refractivity contribution in [2.24, 2.45) is 0 Å². The van der Waals surface area contributed by atoms with Gasteiger partial charge < -0.3 is 9.84 Å². The number of aryl methyl sites for hydroxylation is 2. The Morgan fingerprint density at radius 1 is 1.26 bits per heavy atom. The molecule has 3 heteroatoms. The number of aliphatic hydroxyl groups is 1. The third kappa shape index (κ3) is 3.95. The molecule has 3 nitrogen and oxygen atoms in total. The van der Waals surface area contributed by atoms with Crippen LogP contribution in [0.1, 0.15) is 30.4 Å². The van der Waals surface area contributed by atoms with Crippen LogP contribution in [0.5, 0.6) is 5.75 Å². The van der Waals surface area contributed by atoms with Crippen LogP contribution in [-0.4, -0.2) is 42.4 Å². The molecule has 1 aromatic carbocycles. The van der Waals surface area contributed by atoms with Gasteiger partial charge in [-0.15, -0.1) is 0 Å². The lowest BCUT2D eigenvalue weighted by atomic mass is 9.91. The fourth-order valence-corrected chi connectivity index (χ4v) is 2.49. The smallest absolute Gasteiger partial charge is 0.122 e.